The van der Waals surface area contributed by atoms with Crippen molar-refractivity contribution in [3.05, 3.63) is 119 Å². The molecule has 1 aromatic heterocycles. The maximum Gasteiger partial charge on any atom is 0.336 e. The summed E-state index contributed by atoms with van der Waals surface area (Å²) >= 11 is 2.63. The van der Waals surface area contributed by atoms with E-state index in [0.29, 0.717) is 28.0 Å². The highest BCUT2D eigenvalue weighted by atomic mass is 32.2. The molecule has 1 atom stereocenters. The van der Waals surface area contributed by atoms with Crippen LogP contribution in [0.3, 0.4) is 0 Å². The molecule has 222 valence electrons. The standard InChI is InChI=1S/C33H27N3O6S2/c1-41-27-16-15-21(17-28(27)42-2)26-19-43-33(35-26)36-31(38)29(20-9-4-3-5-10-20)44-23-12-8-11-22(18-23)34-30(37)24-13-6-7-14-25(24)32(39)40/h3-19,29H,1-2H3,(H,34,37)(H,39,40)(H,35,36,38). The Kier molecular flexibility index (Phi) is 9.58. The molecule has 1 heterocycles. The fourth-order valence-electron chi connectivity index (χ4n) is 4.38. The number of aromatic nitrogens is 1. The van der Waals surface area contributed by atoms with Gasteiger partial charge in [-0.1, -0.05) is 48.5 Å². The summed E-state index contributed by atoms with van der Waals surface area (Å²) in [4.78, 5) is 43.5. The molecule has 5 aromatic rings. The first-order valence-corrected chi connectivity index (χ1v) is 15.1. The smallest absolute Gasteiger partial charge is 0.336 e. The van der Waals surface area contributed by atoms with E-state index < -0.39 is 17.1 Å². The Hall–Kier alpha value is -5.13. The van der Waals surface area contributed by atoms with E-state index in [0.717, 1.165) is 16.0 Å². The predicted molar refractivity (Wildman–Crippen MR) is 172 cm³/mol. The summed E-state index contributed by atoms with van der Waals surface area (Å²) < 4.78 is 10.7. The number of carbonyl (C=O) groups excluding carboxylic acids is 2. The molecule has 0 radical (unpaired) electrons. The van der Waals surface area contributed by atoms with Gasteiger partial charge < -0.3 is 25.2 Å². The number of anilines is 2. The molecule has 9 nitrogen and oxygen atoms in total. The summed E-state index contributed by atoms with van der Waals surface area (Å²) in [5.41, 5.74) is 2.72. The number of carboxylic acid groups (broad SMARTS) is 1. The average molecular weight is 626 g/mol. The first kappa shape index (κ1) is 30.3. The molecule has 0 aliphatic rings. The number of carboxylic acids is 1. The van der Waals surface area contributed by atoms with Gasteiger partial charge in [-0.15, -0.1) is 23.1 Å². The monoisotopic (exact) mass is 625 g/mol. The van der Waals surface area contributed by atoms with Crippen molar-refractivity contribution in [2.45, 2.75) is 10.1 Å². The van der Waals surface area contributed by atoms with E-state index >= 15 is 0 Å². The molecule has 0 bridgehead atoms. The van der Waals surface area contributed by atoms with Crippen LogP contribution in [0.5, 0.6) is 11.5 Å². The fraction of sp³-hybridized carbons (Fsp3) is 0.0909. The van der Waals surface area contributed by atoms with Gasteiger partial charge >= 0.3 is 5.97 Å². The lowest BCUT2D eigenvalue weighted by molar-refractivity contribution is -0.115. The maximum atomic E-state index is 13.7. The molecule has 3 N–H and O–H groups in total. The van der Waals surface area contributed by atoms with Crippen LogP contribution in [-0.4, -0.2) is 42.1 Å². The van der Waals surface area contributed by atoms with Crippen LogP contribution in [-0.2, 0) is 4.79 Å². The Labute approximate surface area is 261 Å². The van der Waals surface area contributed by atoms with Crippen LogP contribution >= 0.6 is 23.1 Å². The van der Waals surface area contributed by atoms with E-state index in [9.17, 15) is 19.5 Å². The molecule has 44 heavy (non-hydrogen) atoms. The van der Waals surface area contributed by atoms with Crippen molar-refractivity contribution >= 4 is 51.7 Å². The number of amides is 2. The van der Waals surface area contributed by atoms with Gasteiger partial charge in [0.25, 0.3) is 5.91 Å². The number of methoxy groups -OCH3 is 2. The number of ether oxygens (including phenoxy) is 2. The highest BCUT2D eigenvalue weighted by Gasteiger charge is 2.24. The van der Waals surface area contributed by atoms with Gasteiger partial charge in [-0.25, -0.2) is 9.78 Å². The summed E-state index contributed by atoms with van der Waals surface area (Å²) in [7, 11) is 3.14. The third kappa shape index (κ3) is 7.08. The molecule has 0 spiro atoms. The Balaban J connectivity index is 1.34. The average Bonchev–Trinajstić information content (AvgIpc) is 3.52. The first-order valence-electron chi connectivity index (χ1n) is 13.3. The normalized spacial score (nSPS) is 11.3. The molecule has 0 saturated carbocycles. The number of carbonyl (C=O) groups is 3. The Morgan fingerprint density at radius 3 is 2.27 bits per heavy atom. The topological polar surface area (TPSA) is 127 Å². The predicted octanol–water partition coefficient (Wildman–Crippen LogP) is 7.25. The molecule has 4 aromatic carbocycles. The van der Waals surface area contributed by atoms with Crippen LogP contribution in [0, 0.1) is 0 Å². The summed E-state index contributed by atoms with van der Waals surface area (Å²) in [5, 5.41) is 16.8. The van der Waals surface area contributed by atoms with Gasteiger partial charge in [0.2, 0.25) is 5.91 Å². The number of rotatable bonds is 11. The molecular formula is C33H27N3O6S2. The fourth-order valence-corrected chi connectivity index (χ4v) is 6.19. The Bertz CT molecular complexity index is 1810. The largest absolute Gasteiger partial charge is 0.493 e. The van der Waals surface area contributed by atoms with Crippen molar-refractivity contribution in [1.82, 2.24) is 4.98 Å². The molecule has 5 rings (SSSR count). The highest BCUT2D eigenvalue weighted by Crippen LogP contribution is 2.38. The van der Waals surface area contributed by atoms with E-state index in [4.69, 9.17) is 9.47 Å². The minimum atomic E-state index is -1.19. The zero-order valence-corrected chi connectivity index (χ0v) is 25.3. The van der Waals surface area contributed by atoms with E-state index in [1.165, 1.54) is 35.2 Å². The van der Waals surface area contributed by atoms with Crippen LogP contribution in [0.25, 0.3) is 11.3 Å². The van der Waals surface area contributed by atoms with Crippen molar-refractivity contribution < 1.29 is 29.0 Å². The lowest BCUT2D eigenvalue weighted by Gasteiger charge is -2.17. The van der Waals surface area contributed by atoms with Crippen LogP contribution in [0.15, 0.2) is 107 Å². The number of hydrogen-bond acceptors (Lipinski definition) is 8. The minimum Gasteiger partial charge on any atom is -0.493 e. The van der Waals surface area contributed by atoms with Gasteiger partial charge in [0.15, 0.2) is 16.6 Å². The van der Waals surface area contributed by atoms with E-state index in [1.807, 2.05) is 53.9 Å². The maximum absolute atomic E-state index is 13.7. The molecular weight excluding hydrogens is 599 g/mol. The van der Waals surface area contributed by atoms with Crippen molar-refractivity contribution in [2.75, 3.05) is 24.9 Å². The van der Waals surface area contributed by atoms with Crippen molar-refractivity contribution in [3.63, 3.8) is 0 Å². The minimum absolute atomic E-state index is 0.0514. The highest BCUT2D eigenvalue weighted by molar-refractivity contribution is 8.00. The lowest BCUT2D eigenvalue weighted by Crippen LogP contribution is -2.19. The Morgan fingerprint density at radius 1 is 0.818 bits per heavy atom. The second kappa shape index (κ2) is 13.9. The number of hydrogen-bond donors (Lipinski definition) is 3. The lowest BCUT2D eigenvalue weighted by atomic mass is 10.1. The van der Waals surface area contributed by atoms with E-state index in [2.05, 4.69) is 15.6 Å². The van der Waals surface area contributed by atoms with Gasteiger partial charge in [0, 0.05) is 21.5 Å². The quantitative estimate of drug-likeness (QED) is 0.131. The Morgan fingerprint density at radius 2 is 1.55 bits per heavy atom. The summed E-state index contributed by atoms with van der Waals surface area (Å²) in [6.07, 6.45) is 0. The number of nitrogens with one attached hydrogen (secondary N) is 2. The van der Waals surface area contributed by atoms with Crippen LogP contribution < -0.4 is 20.1 Å². The van der Waals surface area contributed by atoms with Gasteiger partial charge in [0.05, 0.1) is 31.0 Å². The van der Waals surface area contributed by atoms with Gasteiger partial charge in [-0.05, 0) is 54.1 Å². The van der Waals surface area contributed by atoms with Crippen molar-refractivity contribution in [2.24, 2.45) is 0 Å². The number of benzene rings is 4. The van der Waals surface area contributed by atoms with Crippen molar-refractivity contribution in [1.29, 1.82) is 0 Å². The molecule has 0 aliphatic carbocycles. The molecule has 0 aliphatic heterocycles. The second-order valence-corrected chi connectivity index (χ2v) is 11.4. The molecule has 1 unspecified atom stereocenters. The van der Waals surface area contributed by atoms with Gasteiger partial charge in [0.1, 0.15) is 5.25 Å². The molecule has 0 saturated heterocycles. The first-order chi connectivity index (χ1) is 21.4. The van der Waals surface area contributed by atoms with Crippen molar-refractivity contribution in [3.8, 4) is 22.8 Å². The van der Waals surface area contributed by atoms with E-state index in [-0.39, 0.29) is 17.0 Å². The second-order valence-electron chi connectivity index (χ2n) is 9.34. The van der Waals surface area contributed by atoms with Gasteiger partial charge in [-0.2, -0.15) is 0 Å². The zero-order chi connectivity index (χ0) is 31.1. The zero-order valence-electron chi connectivity index (χ0n) is 23.6. The summed E-state index contributed by atoms with van der Waals surface area (Å²) in [6, 6.07) is 27.9. The summed E-state index contributed by atoms with van der Waals surface area (Å²) in [6.45, 7) is 0. The van der Waals surface area contributed by atoms with Crippen LogP contribution in [0.1, 0.15) is 31.5 Å². The third-order valence-electron chi connectivity index (χ3n) is 6.50. The molecule has 11 heteroatoms. The van der Waals surface area contributed by atoms with Crippen LogP contribution in [0.4, 0.5) is 10.8 Å². The number of nitrogens with zero attached hydrogens (tertiary/aromatic N) is 1. The third-order valence-corrected chi connectivity index (χ3v) is 8.51. The van der Waals surface area contributed by atoms with E-state index in [1.54, 1.807) is 50.6 Å². The number of thioether (sulfide) groups is 1. The number of aromatic carboxylic acids is 1. The SMILES string of the molecule is COc1ccc(-c2csc(NC(=O)C(Sc3cccc(NC(=O)c4ccccc4C(=O)O)c3)c3ccccc3)n2)cc1OC. The molecule has 0 fully saturated rings. The number of thiazole rings is 1. The van der Waals surface area contributed by atoms with Crippen LogP contribution in [0.2, 0.25) is 0 Å². The molecule has 2 amide bonds. The summed E-state index contributed by atoms with van der Waals surface area (Å²) in [5.74, 6) is -0.811. The van der Waals surface area contributed by atoms with Gasteiger partial charge in [-0.3, -0.25) is 9.59 Å².